The summed E-state index contributed by atoms with van der Waals surface area (Å²) in [6.45, 7) is 9.20. The molecule has 2 rings (SSSR count). The Morgan fingerprint density at radius 2 is 2.29 bits per heavy atom. The third-order valence-electron chi connectivity index (χ3n) is 4.01. The Morgan fingerprint density at radius 3 is 2.90 bits per heavy atom. The molecule has 3 N–H and O–H groups in total. The van der Waals surface area contributed by atoms with Crippen LogP contribution in [0.15, 0.2) is 0 Å². The molecule has 0 aliphatic carbocycles. The molecule has 0 radical (unpaired) electrons. The van der Waals surface area contributed by atoms with E-state index in [1.165, 1.54) is 0 Å². The Kier molecular flexibility index (Phi) is 5.11. The summed E-state index contributed by atoms with van der Waals surface area (Å²) in [7, 11) is 0. The highest BCUT2D eigenvalue weighted by Crippen LogP contribution is 2.18. The molecule has 0 aromatic carbocycles. The van der Waals surface area contributed by atoms with Gasteiger partial charge in [0.2, 0.25) is 0 Å². The first kappa shape index (κ1) is 16.5. The minimum absolute atomic E-state index is 0.239. The van der Waals surface area contributed by atoms with Gasteiger partial charge in [-0.2, -0.15) is 0 Å². The fourth-order valence-corrected chi connectivity index (χ4v) is 2.86. The molecule has 2 saturated heterocycles. The summed E-state index contributed by atoms with van der Waals surface area (Å²) in [4.78, 5) is 13.7. The van der Waals surface area contributed by atoms with Crippen LogP contribution in [0.1, 0.15) is 40.0 Å². The average Bonchev–Trinajstić information content (AvgIpc) is 2.84. The number of nitrogens with zero attached hydrogens (tertiary/aromatic N) is 1. The van der Waals surface area contributed by atoms with Gasteiger partial charge in [0.25, 0.3) is 0 Å². The fourth-order valence-electron chi connectivity index (χ4n) is 2.86. The van der Waals surface area contributed by atoms with Crippen molar-refractivity contribution in [2.45, 2.75) is 57.3 Å². The molecular formula is C15H29N3O3. The van der Waals surface area contributed by atoms with E-state index in [0.29, 0.717) is 26.2 Å². The SMILES string of the molecule is CC(C)(C)OC(=O)N1CCC(NCC2(O)CCCNC2)C1. The molecule has 2 heterocycles. The van der Waals surface area contributed by atoms with Crippen molar-refractivity contribution >= 4 is 6.09 Å². The van der Waals surface area contributed by atoms with Crippen LogP contribution in [0.4, 0.5) is 4.79 Å². The van der Waals surface area contributed by atoms with Crippen LogP contribution < -0.4 is 10.6 Å². The summed E-state index contributed by atoms with van der Waals surface area (Å²) in [6, 6.07) is 0.239. The monoisotopic (exact) mass is 299 g/mol. The summed E-state index contributed by atoms with van der Waals surface area (Å²) in [5.74, 6) is 0. The first-order chi connectivity index (χ1) is 9.77. The van der Waals surface area contributed by atoms with E-state index in [-0.39, 0.29) is 12.1 Å². The van der Waals surface area contributed by atoms with Gasteiger partial charge in [0.1, 0.15) is 5.60 Å². The first-order valence-electron chi connectivity index (χ1n) is 7.92. The van der Waals surface area contributed by atoms with Crippen molar-refractivity contribution < 1.29 is 14.6 Å². The highest BCUT2D eigenvalue weighted by atomic mass is 16.6. The fraction of sp³-hybridized carbons (Fsp3) is 0.933. The van der Waals surface area contributed by atoms with E-state index in [4.69, 9.17) is 4.74 Å². The predicted molar refractivity (Wildman–Crippen MR) is 81.3 cm³/mol. The third kappa shape index (κ3) is 5.13. The van der Waals surface area contributed by atoms with E-state index in [1.807, 2.05) is 20.8 Å². The van der Waals surface area contributed by atoms with Crippen LogP contribution >= 0.6 is 0 Å². The van der Waals surface area contributed by atoms with E-state index in [0.717, 1.165) is 25.8 Å². The number of nitrogens with one attached hydrogen (secondary N) is 2. The quantitative estimate of drug-likeness (QED) is 0.715. The number of hydrogen-bond acceptors (Lipinski definition) is 5. The zero-order valence-electron chi connectivity index (χ0n) is 13.4. The zero-order chi connectivity index (χ0) is 15.5. The molecule has 6 nitrogen and oxygen atoms in total. The number of amides is 1. The van der Waals surface area contributed by atoms with Crippen molar-refractivity contribution in [3.05, 3.63) is 0 Å². The lowest BCUT2D eigenvalue weighted by atomic mass is 9.94. The van der Waals surface area contributed by atoms with Crippen molar-refractivity contribution in [2.75, 3.05) is 32.7 Å². The lowest BCUT2D eigenvalue weighted by Gasteiger charge is -2.33. The molecule has 6 heteroatoms. The molecule has 21 heavy (non-hydrogen) atoms. The van der Waals surface area contributed by atoms with E-state index < -0.39 is 11.2 Å². The van der Waals surface area contributed by atoms with Gasteiger partial charge < -0.3 is 25.4 Å². The van der Waals surface area contributed by atoms with Crippen molar-refractivity contribution in [3.63, 3.8) is 0 Å². The number of β-amino-alcohol motifs (C(OH)–C–C–N with tert-alkyl or cyclic N) is 1. The van der Waals surface area contributed by atoms with E-state index in [2.05, 4.69) is 10.6 Å². The number of rotatable bonds is 3. The van der Waals surface area contributed by atoms with Gasteiger partial charge in [-0.3, -0.25) is 0 Å². The van der Waals surface area contributed by atoms with E-state index in [1.54, 1.807) is 4.90 Å². The van der Waals surface area contributed by atoms with Gasteiger partial charge in [0, 0.05) is 32.2 Å². The molecule has 0 spiro atoms. The first-order valence-corrected chi connectivity index (χ1v) is 7.92. The van der Waals surface area contributed by atoms with E-state index >= 15 is 0 Å². The summed E-state index contributed by atoms with van der Waals surface area (Å²) in [6.07, 6.45) is 2.50. The maximum absolute atomic E-state index is 12.0. The van der Waals surface area contributed by atoms with Crippen LogP contribution in [0.5, 0.6) is 0 Å². The molecule has 2 unspecified atom stereocenters. The molecule has 0 aromatic heterocycles. The van der Waals surface area contributed by atoms with Crippen LogP contribution in [0.2, 0.25) is 0 Å². The molecule has 2 aliphatic rings. The smallest absolute Gasteiger partial charge is 0.410 e. The van der Waals surface area contributed by atoms with Crippen molar-refractivity contribution in [3.8, 4) is 0 Å². The maximum atomic E-state index is 12.0. The number of hydrogen-bond donors (Lipinski definition) is 3. The minimum Gasteiger partial charge on any atom is -0.444 e. The van der Waals surface area contributed by atoms with E-state index in [9.17, 15) is 9.90 Å². The number of aliphatic hydroxyl groups is 1. The van der Waals surface area contributed by atoms with Gasteiger partial charge in [0.05, 0.1) is 5.60 Å². The zero-order valence-corrected chi connectivity index (χ0v) is 13.4. The average molecular weight is 299 g/mol. The van der Waals surface area contributed by atoms with Crippen molar-refractivity contribution in [1.82, 2.24) is 15.5 Å². The highest BCUT2D eigenvalue weighted by Gasteiger charge is 2.33. The molecule has 2 fully saturated rings. The lowest BCUT2D eigenvalue weighted by molar-refractivity contribution is 0.0144. The summed E-state index contributed by atoms with van der Waals surface area (Å²) < 4.78 is 5.38. The number of carbonyl (C=O) groups is 1. The molecular weight excluding hydrogens is 270 g/mol. The number of likely N-dealkylation sites (tertiary alicyclic amines) is 1. The number of carbonyl (C=O) groups excluding carboxylic acids is 1. The largest absolute Gasteiger partial charge is 0.444 e. The Labute approximate surface area is 127 Å². The Morgan fingerprint density at radius 1 is 1.52 bits per heavy atom. The minimum atomic E-state index is -0.655. The number of piperidine rings is 1. The highest BCUT2D eigenvalue weighted by molar-refractivity contribution is 5.68. The molecule has 0 bridgehead atoms. The third-order valence-corrected chi connectivity index (χ3v) is 4.01. The predicted octanol–water partition coefficient (Wildman–Crippen LogP) is 0.700. The van der Waals surface area contributed by atoms with Crippen LogP contribution in [-0.2, 0) is 4.74 Å². The molecule has 2 atom stereocenters. The van der Waals surface area contributed by atoms with Gasteiger partial charge in [-0.05, 0) is 46.6 Å². The van der Waals surface area contributed by atoms with Crippen LogP contribution in [-0.4, -0.2) is 66.1 Å². The summed E-state index contributed by atoms with van der Waals surface area (Å²) in [5.41, 5.74) is -1.11. The van der Waals surface area contributed by atoms with Crippen molar-refractivity contribution in [1.29, 1.82) is 0 Å². The molecule has 1 amide bonds. The van der Waals surface area contributed by atoms with Gasteiger partial charge in [-0.1, -0.05) is 0 Å². The second-order valence-corrected chi connectivity index (χ2v) is 7.30. The normalized spacial score (nSPS) is 30.5. The standard InChI is InChI=1S/C15H29N3O3/c1-14(2,3)21-13(19)18-8-5-12(9-18)17-11-15(20)6-4-7-16-10-15/h12,16-17,20H,4-11H2,1-3H3. The molecule has 2 aliphatic heterocycles. The van der Waals surface area contributed by atoms with Gasteiger partial charge >= 0.3 is 6.09 Å². The second-order valence-electron chi connectivity index (χ2n) is 7.30. The summed E-state index contributed by atoms with van der Waals surface area (Å²) >= 11 is 0. The molecule has 0 aromatic rings. The van der Waals surface area contributed by atoms with Gasteiger partial charge in [-0.15, -0.1) is 0 Å². The van der Waals surface area contributed by atoms with Crippen LogP contribution in [0.3, 0.4) is 0 Å². The molecule has 0 saturated carbocycles. The molecule has 122 valence electrons. The van der Waals surface area contributed by atoms with Crippen LogP contribution in [0, 0.1) is 0 Å². The Bertz CT molecular complexity index is 362. The summed E-state index contributed by atoms with van der Waals surface area (Å²) in [5, 5.41) is 17.1. The lowest BCUT2D eigenvalue weighted by Crippen LogP contribution is -2.53. The van der Waals surface area contributed by atoms with Crippen molar-refractivity contribution in [2.24, 2.45) is 0 Å². The Hall–Kier alpha value is -0.850. The number of ether oxygens (including phenoxy) is 1. The maximum Gasteiger partial charge on any atom is 0.410 e. The van der Waals surface area contributed by atoms with Gasteiger partial charge in [0.15, 0.2) is 0 Å². The van der Waals surface area contributed by atoms with Crippen LogP contribution in [0.25, 0.3) is 0 Å². The topological polar surface area (TPSA) is 73.8 Å². The Balaban J connectivity index is 1.74. The van der Waals surface area contributed by atoms with Gasteiger partial charge in [-0.25, -0.2) is 4.79 Å². The second kappa shape index (κ2) is 6.50.